The Morgan fingerprint density at radius 1 is 0.400 bits per heavy atom. The molecule has 0 N–H and O–H groups in total. The first-order chi connectivity index (χ1) is 18.9. The molecule has 0 aromatic heterocycles. The summed E-state index contributed by atoms with van der Waals surface area (Å²) in [6.45, 7) is 2.88. The average molecular weight is 545 g/mol. The zero-order valence-corrected chi connectivity index (χ0v) is 21.5. The highest BCUT2D eigenvalue weighted by molar-refractivity contribution is 6.22. The van der Waals surface area contributed by atoms with E-state index in [1.54, 1.807) is 24.3 Å². The second-order valence-corrected chi connectivity index (χ2v) is 10.1. The molecular formula is C34H22F6. The summed E-state index contributed by atoms with van der Waals surface area (Å²) in [5.41, 5.74) is 1.11. The van der Waals surface area contributed by atoms with E-state index in [1.165, 1.54) is 38.1 Å². The minimum atomic E-state index is -4.49. The fourth-order valence-corrected chi connectivity index (χ4v) is 5.63. The number of fused-ring (bicyclic) bond motifs is 5. The standard InChI is InChI=1S/C34H22F6/c1-19-10-12-21(16-31(19)33(35,36)37)23-8-5-9-26-27(23)14-15-28-24-6-3-4-7-25(24)29(18-30(26)28)22-13-11-20(2)32(17-22)34(38,39)40/h3-18H,1-2H3. The van der Waals surface area contributed by atoms with Crippen LogP contribution in [-0.2, 0) is 12.4 Å². The maximum Gasteiger partial charge on any atom is 0.416 e. The van der Waals surface area contributed by atoms with Gasteiger partial charge in [0.2, 0.25) is 0 Å². The Kier molecular flexibility index (Phi) is 5.91. The Morgan fingerprint density at radius 3 is 1.45 bits per heavy atom. The molecule has 0 nitrogen and oxygen atoms in total. The summed E-state index contributed by atoms with van der Waals surface area (Å²) < 4.78 is 82.4. The van der Waals surface area contributed by atoms with Crippen molar-refractivity contribution in [3.8, 4) is 22.3 Å². The first-order valence-electron chi connectivity index (χ1n) is 12.7. The van der Waals surface area contributed by atoms with Gasteiger partial charge in [-0.3, -0.25) is 0 Å². The van der Waals surface area contributed by atoms with Crippen LogP contribution >= 0.6 is 0 Å². The number of alkyl halides is 6. The molecule has 0 saturated carbocycles. The van der Waals surface area contributed by atoms with E-state index in [-0.39, 0.29) is 11.1 Å². The van der Waals surface area contributed by atoms with Crippen LogP contribution in [0.15, 0.2) is 97.1 Å². The molecule has 6 heteroatoms. The maximum absolute atomic E-state index is 13.8. The van der Waals surface area contributed by atoms with Crippen molar-refractivity contribution in [1.82, 2.24) is 0 Å². The van der Waals surface area contributed by atoms with Gasteiger partial charge in [-0.25, -0.2) is 0 Å². The fraction of sp³-hybridized carbons (Fsp3) is 0.118. The minimum Gasteiger partial charge on any atom is -0.166 e. The molecule has 200 valence electrons. The SMILES string of the molecule is Cc1ccc(-c2cc3c4cccc(-c5ccc(C)c(C(F)(F)F)c5)c4ccc3c3ccccc23)cc1C(F)(F)F. The summed E-state index contributed by atoms with van der Waals surface area (Å²) in [7, 11) is 0. The second kappa shape index (κ2) is 9.12. The molecule has 0 unspecified atom stereocenters. The summed E-state index contributed by atoms with van der Waals surface area (Å²) in [4.78, 5) is 0. The fourth-order valence-electron chi connectivity index (χ4n) is 5.63. The van der Waals surface area contributed by atoms with Crippen molar-refractivity contribution in [3.63, 3.8) is 0 Å². The summed E-state index contributed by atoms with van der Waals surface area (Å²) in [5, 5.41) is 4.98. The maximum atomic E-state index is 13.8. The molecule has 0 saturated heterocycles. The van der Waals surface area contributed by atoms with E-state index in [0.717, 1.165) is 32.3 Å². The summed E-state index contributed by atoms with van der Waals surface area (Å²) in [6, 6.07) is 27.5. The van der Waals surface area contributed by atoms with Crippen molar-refractivity contribution < 1.29 is 26.3 Å². The lowest BCUT2D eigenvalue weighted by Crippen LogP contribution is -2.07. The quantitative estimate of drug-likeness (QED) is 0.150. The largest absolute Gasteiger partial charge is 0.416 e. The first-order valence-corrected chi connectivity index (χ1v) is 12.7. The van der Waals surface area contributed by atoms with Gasteiger partial charge in [0.1, 0.15) is 0 Å². The lowest BCUT2D eigenvalue weighted by atomic mass is 9.88. The van der Waals surface area contributed by atoms with Gasteiger partial charge in [0.15, 0.2) is 0 Å². The number of hydrogen-bond donors (Lipinski definition) is 0. The number of aryl methyl sites for hydroxylation is 2. The molecule has 40 heavy (non-hydrogen) atoms. The minimum absolute atomic E-state index is 0.146. The van der Waals surface area contributed by atoms with Crippen LogP contribution in [0.3, 0.4) is 0 Å². The molecule has 0 fully saturated rings. The zero-order valence-electron chi connectivity index (χ0n) is 21.5. The third-order valence-electron chi connectivity index (χ3n) is 7.61. The highest BCUT2D eigenvalue weighted by Gasteiger charge is 2.33. The van der Waals surface area contributed by atoms with E-state index >= 15 is 0 Å². The van der Waals surface area contributed by atoms with Crippen LogP contribution in [-0.4, -0.2) is 0 Å². The summed E-state index contributed by atoms with van der Waals surface area (Å²) in [6.07, 6.45) is -8.97. The van der Waals surface area contributed by atoms with Gasteiger partial charge in [-0.2, -0.15) is 26.3 Å². The van der Waals surface area contributed by atoms with Crippen molar-refractivity contribution in [1.29, 1.82) is 0 Å². The molecule has 0 aliphatic heterocycles. The Balaban J connectivity index is 1.66. The van der Waals surface area contributed by atoms with Crippen molar-refractivity contribution in [3.05, 3.63) is 119 Å². The van der Waals surface area contributed by atoms with Crippen LogP contribution < -0.4 is 0 Å². The van der Waals surface area contributed by atoms with E-state index in [2.05, 4.69) is 0 Å². The third-order valence-corrected chi connectivity index (χ3v) is 7.61. The number of hydrogen-bond acceptors (Lipinski definition) is 0. The molecule has 6 rings (SSSR count). The van der Waals surface area contributed by atoms with Gasteiger partial charge >= 0.3 is 12.4 Å². The lowest BCUT2D eigenvalue weighted by Gasteiger charge is -2.17. The van der Waals surface area contributed by atoms with Crippen LogP contribution in [0, 0.1) is 13.8 Å². The van der Waals surface area contributed by atoms with E-state index < -0.39 is 23.5 Å². The van der Waals surface area contributed by atoms with Gasteiger partial charge in [-0.15, -0.1) is 0 Å². The van der Waals surface area contributed by atoms with E-state index in [4.69, 9.17) is 0 Å². The second-order valence-electron chi connectivity index (χ2n) is 10.1. The van der Waals surface area contributed by atoms with E-state index in [9.17, 15) is 26.3 Å². The van der Waals surface area contributed by atoms with Crippen molar-refractivity contribution in [2.75, 3.05) is 0 Å². The first kappa shape index (κ1) is 25.9. The van der Waals surface area contributed by atoms with E-state index in [0.29, 0.717) is 22.3 Å². The number of halogens is 6. The molecule has 0 aliphatic rings. The van der Waals surface area contributed by atoms with Gasteiger partial charge in [-0.05, 0) is 97.7 Å². The molecule has 0 amide bonds. The highest BCUT2D eigenvalue weighted by Crippen LogP contribution is 2.43. The van der Waals surface area contributed by atoms with Crippen LogP contribution in [0.1, 0.15) is 22.3 Å². The number of rotatable bonds is 2. The zero-order chi connectivity index (χ0) is 28.4. The van der Waals surface area contributed by atoms with Crippen LogP contribution in [0.4, 0.5) is 26.3 Å². The third kappa shape index (κ3) is 4.28. The smallest absolute Gasteiger partial charge is 0.166 e. The van der Waals surface area contributed by atoms with Crippen LogP contribution in [0.5, 0.6) is 0 Å². The Bertz CT molecular complexity index is 1940. The van der Waals surface area contributed by atoms with Crippen molar-refractivity contribution >= 4 is 32.3 Å². The summed E-state index contributed by atoms with van der Waals surface area (Å²) >= 11 is 0. The Hall–Kier alpha value is -4.32. The van der Waals surface area contributed by atoms with Crippen molar-refractivity contribution in [2.24, 2.45) is 0 Å². The molecule has 0 aliphatic carbocycles. The Labute approximate surface area is 226 Å². The highest BCUT2D eigenvalue weighted by atomic mass is 19.4. The molecule has 0 radical (unpaired) electrons. The normalized spacial score (nSPS) is 12.5. The topological polar surface area (TPSA) is 0 Å². The van der Waals surface area contributed by atoms with Gasteiger partial charge in [0, 0.05) is 0 Å². The van der Waals surface area contributed by atoms with Crippen molar-refractivity contribution in [2.45, 2.75) is 26.2 Å². The average Bonchev–Trinajstić information content (AvgIpc) is 2.91. The molecule has 0 heterocycles. The molecular weight excluding hydrogens is 522 g/mol. The molecule has 0 spiro atoms. The predicted octanol–water partition coefficient (Wildman–Crippen LogP) is 11.1. The van der Waals surface area contributed by atoms with Gasteiger partial charge in [0.05, 0.1) is 11.1 Å². The van der Waals surface area contributed by atoms with Crippen LogP contribution in [0.2, 0.25) is 0 Å². The molecule has 0 atom stereocenters. The monoisotopic (exact) mass is 544 g/mol. The Morgan fingerprint density at radius 2 is 0.850 bits per heavy atom. The van der Waals surface area contributed by atoms with Gasteiger partial charge < -0.3 is 0 Å². The van der Waals surface area contributed by atoms with Gasteiger partial charge in [0.25, 0.3) is 0 Å². The molecule has 6 aromatic rings. The van der Waals surface area contributed by atoms with Crippen LogP contribution in [0.25, 0.3) is 54.6 Å². The molecule has 6 aromatic carbocycles. The molecule has 0 bridgehead atoms. The predicted molar refractivity (Wildman–Crippen MR) is 149 cm³/mol. The number of benzene rings is 6. The van der Waals surface area contributed by atoms with E-state index in [1.807, 2.05) is 48.5 Å². The summed E-state index contributed by atoms with van der Waals surface area (Å²) in [5.74, 6) is 0. The van der Waals surface area contributed by atoms with Gasteiger partial charge in [-0.1, -0.05) is 78.9 Å². The lowest BCUT2D eigenvalue weighted by molar-refractivity contribution is -0.138.